The third kappa shape index (κ3) is 3.44. The van der Waals surface area contributed by atoms with Crippen molar-refractivity contribution in [3.8, 4) is 11.5 Å². The van der Waals surface area contributed by atoms with Gasteiger partial charge in [0, 0.05) is 17.2 Å². The number of rotatable bonds is 5. The van der Waals surface area contributed by atoms with Gasteiger partial charge in [-0.25, -0.2) is 4.39 Å². The number of ether oxygens (including phenoxy) is 2. The van der Waals surface area contributed by atoms with Crippen LogP contribution in [0.15, 0.2) is 40.9 Å². The maximum Gasteiger partial charge on any atom is 0.137 e. The topological polar surface area (TPSA) is 18.5 Å². The van der Waals surface area contributed by atoms with Gasteiger partial charge in [0.05, 0.1) is 17.5 Å². The van der Waals surface area contributed by atoms with Crippen molar-refractivity contribution in [2.75, 3.05) is 7.11 Å². The fraction of sp³-hybridized carbons (Fsp3) is 0.200. The van der Waals surface area contributed by atoms with Crippen LogP contribution in [0.25, 0.3) is 0 Å². The number of hydrogen-bond acceptors (Lipinski definition) is 2. The van der Waals surface area contributed by atoms with E-state index in [1.54, 1.807) is 25.3 Å². The van der Waals surface area contributed by atoms with Crippen molar-refractivity contribution in [1.82, 2.24) is 0 Å². The quantitative estimate of drug-likeness (QED) is 0.706. The van der Waals surface area contributed by atoms with Gasteiger partial charge in [-0.05, 0) is 28.1 Å². The molecule has 2 aromatic carbocycles. The van der Waals surface area contributed by atoms with E-state index >= 15 is 0 Å². The highest BCUT2D eigenvalue weighted by molar-refractivity contribution is 9.10. The molecule has 0 N–H and O–H groups in total. The van der Waals surface area contributed by atoms with E-state index in [1.807, 2.05) is 12.1 Å². The van der Waals surface area contributed by atoms with Crippen molar-refractivity contribution in [3.05, 3.63) is 57.8 Å². The fourth-order valence-electron chi connectivity index (χ4n) is 1.72. The van der Waals surface area contributed by atoms with Crippen molar-refractivity contribution in [2.24, 2.45) is 0 Å². The molecule has 2 aromatic rings. The first-order chi connectivity index (χ1) is 9.65. The molecule has 0 aliphatic heterocycles. The van der Waals surface area contributed by atoms with Gasteiger partial charge in [-0.2, -0.15) is 0 Å². The van der Waals surface area contributed by atoms with Gasteiger partial charge in [0.1, 0.15) is 23.9 Å². The molecule has 0 radical (unpaired) electrons. The van der Waals surface area contributed by atoms with Crippen molar-refractivity contribution >= 4 is 27.5 Å². The van der Waals surface area contributed by atoms with Crippen LogP contribution >= 0.6 is 27.5 Å². The molecule has 0 aliphatic carbocycles. The lowest BCUT2D eigenvalue weighted by molar-refractivity contribution is 0.300. The lowest BCUT2D eigenvalue weighted by Gasteiger charge is -2.12. The van der Waals surface area contributed by atoms with Gasteiger partial charge in [-0.1, -0.05) is 18.2 Å². The molecule has 0 unspecified atom stereocenters. The van der Waals surface area contributed by atoms with Crippen LogP contribution in [0, 0.1) is 5.82 Å². The Bertz CT molecular complexity index is 604. The van der Waals surface area contributed by atoms with Crippen LogP contribution in [-0.4, -0.2) is 7.11 Å². The van der Waals surface area contributed by atoms with Crippen LogP contribution in [-0.2, 0) is 12.5 Å². The minimum absolute atomic E-state index is 0.245. The predicted octanol–water partition coefficient (Wildman–Crippen LogP) is 4.91. The third-order valence-electron chi connectivity index (χ3n) is 2.83. The van der Waals surface area contributed by atoms with Crippen molar-refractivity contribution < 1.29 is 13.9 Å². The van der Waals surface area contributed by atoms with Crippen LogP contribution < -0.4 is 9.47 Å². The minimum atomic E-state index is -0.311. The molecular weight excluding hydrogens is 347 g/mol. The van der Waals surface area contributed by atoms with Crippen molar-refractivity contribution in [3.63, 3.8) is 0 Å². The molecule has 0 spiro atoms. The summed E-state index contributed by atoms with van der Waals surface area (Å²) in [5.74, 6) is 1.35. The summed E-state index contributed by atoms with van der Waals surface area (Å²) in [7, 11) is 1.59. The van der Waals surface area contributed by atoms with Gasteiger partial charge in [-0.3, -0.25) is 0 Å². The number of alkyl halides is 1. The Morgan fingerprint density at radius 3 is 2.70 bits per heavy atom. The van der Waals surface area contributed by atoms with E-state index in [0.717, 1.165) is 11.1 Å². The molecule has 106 valence electrons. The maximum absolute atomic E-state index is 13.4. The molecule has 2 nitrogen and oxygen atoms in total. The zero-order chi connectivity index (χ0) is 14.5. The highest BCUT2D eigenvalue weighted by Gasteiger charge is 2.09. The Balaban J connectivity index is 2.19. The summed E-state index contributed by atoms with van der Waals surface area (Å²) in [6, 6.07) is 10.3. The average molecular weight is 360 g/mol. The summed E-state index contributed by atoms with van der Waals surface area (Å²) in [5, 5.41) is 0. The Hall–Kier alpha value is -1.26. The smallest absolute Gasteiger partial charge is 0.137 e. The van der Waals surface area contributed by atoms with Crippen molar-refractivity contribution in [2.45, 2.75) is 12.5 Å². The number of benzene rings is 2. The van der Waals surface area contributed by atoms with Gasteiger partial charge >= 0.3 is 0 Å². The van der Waals surface area contributed by atoms with E-state index in [-0.39, 0.29) is 12.4 Å². The number of hydrogen-bond donors (Lipinski definition) is 0. The van der Waals surface area contributed by atoms with E-state index in [2.05, 4.69) is 15.9 Å². The van der Waals surface area contributed by atoms with E-state index in [4.69, 9.17) is 21.1 Å². The van der Waals surface area contributed by atoms with Gasteiger partial charge < -0.3 is 9.47 Å². The molecule has 5 heteroatoms. The highest BCUT2D eigenvalue weighted by Crippen LogP contribution is 2.28. The molecule has 0 saturated carbocycles. The van der Waals surface area contributed by atoms with Gasteiger partial charge in [0.25, 0.3) is 0 Å². The second kappa shape index (κ2) is 6.95. The Morgan fingerprint density at radius 1 is 1.20 bits per heavy atom. The molecule has 20 heavy (non-hydrogen) atoms. The fourth-order valence-corrected chi connectivity index (χ4v) is 2.32. The summed E-state index contributed by atoms with van der Waals surface area (Å²) >= 11 is 9.09. The molecule has 2 rings (SSSR count). The van der Waals surface area contributed by atoms with Crippen LogP contribution in [0.3, 0.4) is 0 Å². The van der Waals surface area contributed by atoms with E-state index in [9.17, 15) is 4.39 Å². The Morgan fingerprint density at radius 2 is 2.00 bits per heavy atom. The first-order valence-electron chi connectivity index (χ1n) is 5.94. The summed E-state index contributed by atoms with van der Waals surface area (Å²) in [4.78, 5) is 0. The van der Waals surface area contributed by atoms with Gasteiger partial charge in [0.2, 0.25) is 0 Å². The van der Waals surface area contributed by atoms with Crippen LogP contribution in [0.4, 0.5) is 4.39 Å². The van der Waals surface area contributed by atoms with E-state index < -0.39 is 0 Å². The lowest BCUT2D eigenvalue weighted by Crippen LogP contribution is -2.00. The summed E-state index contributed by atoms with van der Waals surface area (Å²) in [6.45, 7) is 0.245. The van der Waals surface area contributed by atoms with Crippen LogP contribution in [0.5, 0.6) is 11.5 Å². The zero-order valence-electron chi connectivity index (χ0n) is 10.8. The summed E-state index contributed by atoms with van der Waals surface area (Å²) < 4.78 is 24.7. The third-order valence-corrected chi connectivity index (χ3v) is 4.01. The molecule has 0 aliphatic rings. The summed E-state index contributed by atoms with van der Waals surface area (Å²) in [5.41, 5.74) is 1.59. The zero-order valence-corrected chi connectivity index (χ0v) is 13.2. The number of halogens is 3. The van der Waals surface area contributed by atoms with E-state index in [0.29, 0.717) is 21.9 Å². The molecule has 0 bridgehead atoms. The molecule has 0 heterocycles. The van der Waals surface area contributed by atoms with Crippen LogP contribution in [0.2, 0.25) is 0 Å². The largest absolute Gasteiger partial charge is 0.497 e. The highest BCUT2D eigenvalue weighted by atomic mass is 79.9. The SMILES string of the molecule is COc1ccc(CCl)c(OCc2cccc(F)c2Br)c1. The summed E-state index contributed by atoms with van der Waals surface area (Å²) in [6.07, 6.45) is 0. The first kappa shape index (κ1) is 15.1. The minimum Gasteiger partial charge on any atom is -0.497 e. The number of methoxy groups -OCH3 is 1. The normalized spacial score (nSPS) is 10.4. The lowest BCUT2D eigenvalue weighted by atomic mass is 10.2. The monoisotopic (exact) mass is 358 g/mol. The Kier molecular flexibility index (Phi) is 5.26. The first-order valence-corrected chi connectivity index (χ1v) is 7.27. The molecule has 0 aromatic heterocycles. The van der Waals surface area contributed by atoms with Crippen LogP contribution in [0.1, 0.15) is 11.1 Å². The molecular formula is C15H13BrClFO2. The Labute approximate surface area is 130 Å². The second-order valence-electron chi connectivity index (χ2n) is 4.11. The maximum atomic E-state index is 13.4. The average Bonchev–Trinajstić information content (AvgIpc) is 2.48. The molecule has 0 fully saturated rings. The van der Waals surface area contributed by atoms with Gasteiger partial charge in [0.15, 0.2) is 0 Å². The standard InChI is InChI=1S/C15H13BrClFO2/c1-19-12-6-5-10(8-17)14(7-12)20-9-11-3-2-4-13(18)15(11)16/h2-7H,8-9H2,1H3. The van der Waals surface area contributed by atoms with E-state index in [1.165, 1.54) is 6.07 Å². The molecule has 0 saturated heterocycles. The van der Waals surface area contributed by atoms with Gasteiger partial charge in [-0.15, -0.1) is 11.6 Å². The molecule has 0 atom stereocenters. The second-order valence-corrected chi connectivity index (χ2v) is 5.17. The van der Waals surface area contributed by atoms with Crippen molar-refractivity contribution in [1.29, 1.82) is 0 Å². The molecule has 0 amide bonds. The predicted molar refractivity (Wildman–Crippen MR) is 81.0 cm³/mol.